The molecule has 3 heterocycles. The second kappa shape index (κ2) is 6.20. The number of fused-ring (bicyclic) bond motifs is 1. The zero-order valence-corrected chi connectivity index (χ0v) is 13.4. The topological polar surface area (TPSA) is 203 Å². The fourth-order valence-corrected chi connectivity index (χ4v) is 3.21. The maximum Gasteiger partial charge on any atom is 0.436 e. The molecule has 0 spiro atoms. The SMILES string of the molecule is Nc1nc2c(ncn2[C@H]2C[C@H](OP(=O)(O)C(=O)O)[C@@H](CO)O2)c(=O)[nH]1. The van der Waals surface area contributed by atoms with Gasteiger partial charge in [-0.05, 0) is 0 Å². The number of nitrogens with two attached hydrogens (primary N) is 1. The van der Waals surface area contributed by atoms with Gasteiger partial charge in [0.05, 0.1) is 12.9 Å². The lowest BCUT2D eigenvalue weighted by Gasteiger charge is -2.17. The van der Waals surface area contributed by atoms with Crippen LogP contribution in [0.4, 0.5) is 10.7 Å². The summed E-state index contributed by atoms with van der Waals surface area (Å²) in [5.41, 5.74) is 3.04. The number of aromatic nitrogens is 4. The molecule has 13 nitrogen and oxygen atoms in total. The number of aliphatic hydroxyl groups is 1. The number of hydrogen-bond donors (Lipinski definition) is 5. The Labute approximate surface area is 138 Å². The Morgan fingerprint density at radius 1 is 1.60 bits per heavy atom. The van der Waals surface area contributed by atoms with E-state index in [4.69, 9.17) is 20.1 Å². The van der Waals surface area contributed by atoms with Gasteiger partial charge in [-0.3, -0.25) is 18.9 Å². The van der Waals surface area contributed by atoms with E-state index in [2.05, 4.69) is 15.0 Å². The number of ether oxygens (including phenoxy) is 1. The molecule has 4 atom stereocenters. The summed E-state index contributed by atoms with van der Waals surface area (Å²) in [5.74, 6) is -0.144. The highest BCUT2D eigenvalue weighted by Crippen LogP contribution is 2.47. The van der Waals surface area contributed by atoms with Gasteiger partial charge in [0.2, 0.25) is 5.95 Å². The third-order valence-electron chi connectivity index (χ3n) is 3.64. The van der Waals surface area contributed by atoms with Gasteiger partial charge in [0, 0.05) is 6.42 Å². The number of rotatable bonds is 5. The summed E-state index contributed by atoms with van der Waals surface area (Å²) in [4.78, 5) is 42.0. The van der Waals surface area contributed by atoms with E-state index >= 15 is 0 Å². The number of nitrogen functional groups attached to an aromatic ring is 1. The number of nitrogens with zero attached hydrogens (tertiary/aromatic N) is 3. The number of hydrogen-bond acceptors (Lipinski definition) is 9. The normalized spacial score (nSPS) is 25.9. The average Bonchev–Trinajstić information content (AvgIpc) is 3.10. The smallest absolute Gasteiger partial charge is 0.436 e. The molecule has 0 amide bonds. The quantitative estimate of drug-likeness (QED) is 0.410. The molecule has 0 radical (unpaired) electrons. The lowest BCUT2D eigenvalue weighted by atomic mass is 10.2. The van der Waals surface area contributed by atoms with Crippen molar-refractivity contribution in [1.82, 2.24) is 19.5 Å². The zero-order chi connectivity index (χ0) is 18.4. The van der Waals surface area contributed by atoms with Crippen molar-refractivity contribution >= 4 is 30.4 Å². The van der Waals surface area contributed by atoms with Crippen LogP contribution in [-0.4, -0.2) is 59.2 Å². The van der Waals surface area contributed by atoms with Crippen LogP contribution in [0, 0.1) is 0 Å². The van der Waals surface area contributed by atoms with Gasteiger partial charge in [-0.15, -0.1) is 0 Å². The van der Waals surface area contributed by atoms with E-state index in [0.717, 1.165) is 0 Å². The van der Waals surface area contributed by atoms with Crippen molar-refractivity contribution < 1.29 is 33.7 Å². The molecule has 3 rings (SSSR count). The first kappa shape index (κ1) is 17.5. The van der Waals surface area contributed by atoms with Gasteiger partial charge < -0.3 is 25.6 Å². The van der Waals surface area contributed by atoms with Crippen LogP contribution in [0.1, 0.15) is 12.6 Å². The van der Waals surface area contributed by atoms with Crippen LogP contribution in [0.25, 0.3) is 11.2 Å². The first-order chi connectivity index (χ1) is 11.7. The largest absolute Gasteiger partial charge is 0.472 e. The molecule has 0 aliphatic carbocycles. The van der Waals surface area contributed by atoms with Gasteiger partial charge in [0.25, 0.3) is 5.56 Å². The lowest BCUT2D eigenvalue weighted by Crippen LogP contribution is -2.27. The summed E-state index contributed by atoms with van der Waals surface area (Å²) in [6.45, 7) is -0.580. The molecule has 0 bridgehead atoms. The fraction of sp³-hybridized carbons (Fsp3) is 0.455. The molecule has 14 heteroatoms. The molecular formula is C11H14N5O8P. The predicted molar refractivity (Wildman–Crippen MR) is 80.9 cm³/mol. The van der Waals surface area contributed by atoms with Gasteiger partial charge in [-0.1, -0.05) is 0 Å². The number of carbonyl (C=O) groups is 1. The van der Waals surface area contributed by atoms with Crippen LogP contribution in [0.5, 0.6) is 0 Å². The number of H-pyrrole nitrogens is 1. The number of carboxylic acid groups (broad SMARTS) is 1. The van der Waals surface area contributed by atoms with E-state index in [1.165, 1.54) is 10.9 Å². The number of aliphatic hydroxyl groups excluding tert-OH is 1. The van der Waals surface area contributed by atoms with E-state index in [1.54, 1.807) is 0 Å². The molecule has 25 heavy (non-hydrogen) atoms. The molecule has 0 aromatic carbocycles. The van der Waals surface area contributed by atoms with Crippen molar-refractivity contribution in [2.75, 3.05) is 12.3 Å². The Hall–Kier alpha value is -2.31. The van der Waals surface area contributed by atoms with Crippen LogP contribution in [-0.2, 0) is 13.8 Å². The van der Waals surface area contributed by atoms with Crippen molar-refractivity contribution in [2.24, 2.45) is 0 Å². The summed E-state index contributed by atoms with van der Waals surface area (Å²) in [6, 6.07) is 0. The third kappa shape index (κ3) is 3.15. The highest BCUT2D eigenvalue weighted by molar-refractivity contribution is 7.70. The lowest BCUT2D eigenvalue weighted by molar-refractivity contribution is -0.0402. The summed E-state index contributed by atoms with van der Waals surface area (Å²) < 4.78 is 23.1. The van der Waals surface area contributed by atoms with Crippen LogP contribution in [0.3, 0.4) is 0 Å². The number of aromatic amines is 1. The van der Waals surface area contributed by atoms with Crippen LogP contribution in [0.15, 0.2) is 11.1 Å². The molecule has 1 unspecified atom stereocenters. The summed E-state index contributed by atoms with van der Waals surface area (Å²) in [5, 5.41) is 18.0. The molecule has 2 aromatic rings. The first-order valence-electron chi connectivity index (χ1n) is 6.96. The van der Waals surface area contributed by atoms with Crippen LogP contribution < -0.4 is 11.3 Å². The minimum atomic E-state index is -4.92. The average molecular weight is 375 g/mol. The number of imidazole rings is 1. The Morgan fingerprint density at radius 3 is 2.96 bits per heavy atom. The summed E-state index contributed by atoms with van der Waals surface area (Å²) in [7, 11) is -4.92. The molecule has 1 aliphatic rings. The molecule has 136 valence electrons. The maximum atomic E-state index is 11.8. The Morgan fingerprint density at radius 2 is 2.32 bits per heavy atom. The minimum Gasteiger partial charge on any atom is -0.472 e. The Balaban J connectivity index is 1.91. The molecular weight excluding hydrogens is 361 g/mol. The van der Waals surface area contributed by atoms with Crippen LogP contribution >= 0.6 is 7.60 Å². The van der Waals surface area contributed by atoms with Crippen molar-refractivity contribution in [2.45, 2.75) is 24.9 Å². The zero-order valence-electron chi connectivity index (χ0n) is 12.5. The molecule has 6 N–H and O–H groups in total. The second-order valence-electron chi connectivity index (χ2n) is 5.27. The molecule has 1 fully saturated rings. The Kier molecular flexibility index (Phi) is 4.34. The van der Waals surface area contributed by atoms with Crippen molar-refractivity contribution in [3.8, 4) is 0 Å². The molecule has 2 aromatic heterocycles. The third-order valence-corrected chi connectivity index (χ3v) is 4.68. The van der Waals surface area contributed by atoms with Crippen molar-refractivity contribution in [3.63, 3.8) is 0 Å². The van der Waals surface area contributed by atoms with Crippen molar-refractivity contribution in [3.05, 3.63) is 16.7 Å². The highest BCUT2D eigenvalue weighted by Gasteiger charge is 2.43. The van der Waals surface area contributed by atoms with Gasteiger partial charge >= 0.3 is 13.3 Å². The number of anilines is 1. The minimum absolute atomic E-state index is 0.00100. The van der Waals surface area contributed by atoms with E-state index < -0.39 is 43.9 Å². The highest BCUT2D eigenvalue weighted by atomic mass is 31.2. The van der Waals surface area contributed by atoms with E-state index in [0.29, 0.717) is 0 Å². The standard InChI is InChI=1S/C11H14N5O8P/c12-10-14-8-7(9(18)15-10)13-3-16(8)6-1-4(5(2-17)23-6)24-25(21,22)11(19)20/h3-6,17H,1-2H2,(H,19,20)(H,21,22)(H3,12,14,15,18)/t4-,5+,6+/m0/s1. The van der Waals surface area contributed by atoms with Gasteiger partial charge in [0.15, 0.2) is 11.2 Å². The summed E-state index contributed by atoms with van der Waals surface area (Å²) >= 11 is 0. The van der Waals surface area contributed by atoms with Crippen LogP contribution in [0.2, 0.25) is 0 Å². The fourth-order valence-electron chi connectivity index (χ4n) is 2.53. The van der Waals surface area contributed by atoms with E-state index in [1.807, 2.05) is 0 Å². The molecule has 0 saturated carbocycles. The Bertz CT molecular complexity index is 925. The van der Waals surface area contributed by atoms with Gasteiger partial charge in [0.1, 0.15) is 18.4 Å². The number of nitrogens with one attached hydrogen (secondary N) is 1. The predicted octanol–water partition coefficient (Wildman–Crippen LogP) is -0.770. The molecule has 1 saturated heterocycles. The van der Waals surface area contributed by atoms with Crippen molar-refractivity contribution in [1.29, 1.82) is 0 Å². The second-order valence-corrected chi connectivity index (χ2v) is 6.90. The first-order valence-corrected chi connectivity index (χ1v) is 8.54. The molecule has 1 aliphatic heterocycles. The maximum absolute atomic E-state index is 11.8. The summed E-state index contributed by atoms with van der Waals surface area (Å²) in [6.07, 6.45) is -1.91. The van der Waals surface area contributed by atoms with E-state index in [-0.39, 0.29) is 23.5 Å². The van der Waals surface area contributed by atoms with E-state index in [9.17, 15) is 24.2 Å². The van der Waals surface area contributed by atoms with Gasteiger partial charge in [-0.2, -0.15) is 4.98 Å². The van der Waals surface area contributed by atoms with Gasteiger partial charge in [-0.25, -0.2) is 14.3 Å². The monoisotopic (exact) mass is 375 g/mol.